The number of carbonyl (C=O) groups excluding carboxylic acids is 1. The summed E-state index contributed by atoms with van der Waals surface area (Å²) in [6.45, 7) is -1.56. The molecule has 8 nitrogen and oxygen atoms in total. The van der Waals surface area contributed by atoms with Crippen molar-refractivity contribution in [2.45, 2.75) is 24.4 Å². The molecule has 0 unspecified atom stereocenters. The maximum Gasteiger partial charge on any atom is 0.253 e. The van der Waals surface area contributed by atoms with Gasteiger partial charge in [-0.05, 0) is 0 Å². The monoisotopic (exact) mass is 225 g/mol. The first-order valence-corrected chi connectivity index (χ1v) is 4.17. The summed E-state index contributed by atoms with van der Waals surface area (Å²) in [6, 6.07) is 0. The third-order valence-electron chi connectivity index (χ3n) is 1.78. The van der Waals surface area contributed by atoms with E-state index in [1.165, 1.54) is 0 Å². The molecule has 0 heterocycles. The molecule has 90 valence electrons. The highest BCUT2D eigenvalue weighted by Gasteiger charge is 2.33. The lowest BCUT2D eigenvalue weighted by Crippen LogP contribution is -2.51. The van der Waals surface area contributed by atoms with Gasteiger partial charge in [-0.1, -0.05) is 0 Å². The molecular formula is C7H15NO7. The molecule has 0 aromatic rings. The van der Waals surface area contributed by atoms with E-state index in [2.05, 4.69) is 0 Å². The second kappa shape index (κ2) is 6.67. The molecule has 0 saturated carbocycles. The van der Waals surface area contributed by atoms with Crippen LogP contribution in [-0.4, -0.2) is 74.3 Å². The number of rotatable bonds is 6. The zero-order valence-corrected chi connectivity index (χ0v) is 7.82. The molecule has 0 bridgehead atoms. The minimum absolute atomic E-state index is 0.735. The molecule has 4 atom stereocenters. The molecule has 0 aromatic carbocycles. The first kappa shape index (κ1) is 14.2. The molecular weight excluding hydrogens is 210 g/mol. The number of carbonyl (C=O) groups is 1. The second-order valence-corrected chi connectivity index (χ2v) is 2.88. The van der Waals surface area contributed by atoms with Crippen molar-refractivity contribution in [3.63, 3.8) is 0 Å². The van der Waals surface area contributed by atoms with Crippen LogP contribution in [-0.2, 0) is 4.79 Å². The van der Waals surface area contributed by atoms with Crippen LogP contribution >= 0.6 is 0 Å². The van der Waals surface area contributed by atoms with Gasteiger partial charge in [0.1, 0.15) is 25.0 Å². The van der Waals surface area contributed by atoms with Crippen molar-refractivity contribution in [2.75, 3.05) is 13.3 Å². The Bertz CT molecular complexity index is 200. The summed E-state index contributed by atoms with van der Waals surface area (Å²) in [5.41, 5.74) is 0. The van der Waals surface area contributed by atoms with Crippen LogP contribution in [0.2, 0.25) is 0 Å². The van der Waals surface area contributed by atoms with Crippen LogP contribution in [0.25, 0.3) is 0 Å². The molecule has 0 spiro atoms. The lowest BCUT2D eigenvalue weighted by atomic mass is 10.0. The molecule has 7 N–H and O–H groups in total. The zero-order valence-electron chi connectivity index (χ0n) is 7.82. The van der Waals surface area contributed by atoms with Gasteiger partial charge in [0.2, 0.25) is 0 Å². The predicted molar refractivity (Wildman–Crippen MR) is 46.3 cm³/mol. The lowest BCUT2D eigenvalue weighted by Gasteiger charge is -2.24. The molecule has 0 aliphatic carbocycles. The molecule has 0 aliphatic rings. The molecule has 1 amide bonds. The first-order valence-electron chi connectivity index (χ1n) is 4.17. The fourth-order valence-electron chi connectivity index (χ4n) is 0.860. The first-order chi connectivity index (χ1) is 6.95. The average Bonchev–Trinajstić information content (AvgIpc) is 2.25. The maximum absolute atomic E-state index is 10.9. The van der Waals surface area contributed by atoms with E-state index in [1.807, 2.05) is 0 Å². The van der Waals surface area contributed by atoms with E-state index in [-0.39, 0.29) is 0 Å². The fraction of sp³-hybridized carbons (Fsp3) is 0.857. The zero-order chi connectivity index (χ0) is 12.0. The van der Waals surface area contributed by atoms with Crippen molar-refractivity contribution < 1.29 is 35.4 Å². The summed E-state index contributed by atoms with van der Waals surface area (Å²) >= 11 is 0. The van der Waals surface area contributed by atoms with E-state index in [4.69, 9.17) is 25.5 Å². The van der Waals surface area contributed by atoms with Crippen LogP contribution in [0.15, 0.2) is 0 Å². The molecule has 0 saturated heterocycles. The Hall–Kier alpha value is -0.770. The van der Waals surface area contributed by atoms with Crippen molar-refractivity contribution in [1.29, 1.82) is 0 Å². The summed E-state index contributed by atoms with van der Waals surface area (Å²) in [7, 11) is 0. The lowest BCUT2D eigenvalue weighted by molar-refractivity contribution is -0.149. The fourth-order valence-corrected chi connectivity index (χ4v) is 0.860. The normalized spacial score (nSPS) is 19.1. The Kier molecular flexibility index (Phi) is 6.32. The van der Waals surface area contributed by atoms with Crippen LogP contribution in [0.5, 0.6) is 0 Å². The van der Waals surface area contributed by atoms with Gasteiger partial charge in [-0.25, -0.2) is 0 Å². The molecule has 0 radical (unpaired) electrons. The van der Waals surface area contributed by atoms with E-state index >= 15 is 0 Å². The van der Waals surface area contributed by atoms with Gasteiger partial charge < -0.3 is 36.0 Å². The van der Waals surface area contributed by atoms with Gasteiger partial charge >= 0.3 is 0 Å². The molecule has 0 aliphatic heterocycles. The number of hydrogen-bond donors (Lipinski definition) is 7. The summed E-state index contributed by atoms with van der Waals surface area (Å²) in [6.07, 6.45) is -7.50. The van der Waals surface area contributed by atoms with E-state index in [1.54, 1.807) is 5.32 Å². The highest BCUT2D eigenvalue weighted by atomic mass is 16.4. The number of aliphatic hydroxyl groups is 6. The standard InChI is InChI=1S/C7H15NO7/c9-1-3(11)4(12)5(13)6(14)7(15)8-2-10/h3-6,9-14H,1-2H2,(H,8,15)/t3-,4+,5+,6+/m0/s1. The van der Waals surface area contributed by atoms with Crippen molar-refractivity contribution in [3.8, 4) is 0 Å². The molecule has 0 rings (SSSR count). The van der Waals surface area contributed by atoms with Gasteiger partial charge in [0.15, 0.2) is 6.10 Å². The average molecular weight is 225 g/mol. The van der Waals surface area contributed by atoms with Crippen molar-refractivity contribution in [1.82, 2.24) is 5.32 Å². The number of nitrogens with one attached hydrogen (secondary N) is 1. The van der Waals surface area contributed by atoms with Crippen molar-refractivity contribution in [2.24, 2.45) is 0 Å². The summed E-state index contributed by atoms with van der Waals surface area (Å²) in [5, 5.41) is 54.8. The molecule has 15 heavy (non-hydrogen) atoms. The van der Waals surface area contributed by atoms with Crippen LogP contribution in [0, 0.1) is 0 Å². The quantitative estimate of drug-likeness (QED) is 0.225. The van der Waals surface area contributed by atoms with E-state index in [0.717, 1.165) is 0 Å². The Labute approximate surface area is 85.4 Å². The van der Waals surface area contributed by atoms with Crippen LogP contribution in [0.4, 0.5) is 0 Å². The van der Waals surface area contributed by atoms with Crippen LogP contribution < -0.4 is 5.32 Å². The summed E-state index contributed by atoms with van der Waals surface area (Å²) in [5.74, 6) is -1.10. The number of hydrogen-bond acceptors (Lipinski definition) is 7. The second-order valence-electron chi connectivity index (χ2n) is 2.88. The SMILES string of the molecule is O=C(NCO)[C@H](O)[C@H](O)[C@H](O)[C@@H](O)CO. The third-order valence-corrected chi connectivity index (χ3v) is 1.78. The van der Waals surface area contributed by atoms with Gasteiger partial charge in [-0.2, -0.15) is 0 Å². The van der Waals surface area contributed by atoms with Crippen molar-refractivity contribution in [3.05, 3.63) is 0 Å². The van der Waals surface area contributed by atoms with Gasteiger partial charge in [0.25, 0.3) is 5.91 Å². The summed E-state index contributed by atoms with van der Waals surface area (Å²) in [4.78, 5) is 10.9. The van der Waals surface area contributed by atoms with E-state index < -0.39 is 43.7 Å². The topological polar surface area (TPSA) is 150 Å². The maximum atomic E-state index is 10.9. The smallest absolute Gasteiger partial charge is 0.253 e. The Morgan fingerprint density at radius 2 is 1.60 bits per heavy atom. The minimum Gasteiger partial charge on any atom is -0.394 e. The minimum atomic E-state index is -2.01. The van der Waals surface area contributed by atoms with Crippen LogP contribution in [0.3, 0.4) is 0 Å². The highest BCUT2D eigenvalue weighted by molar-refractivity contribution is 5.81. The molecule has 8 heteroatoms. The Morgan fingerprint density at radius 1 is 1.07 bits per heavy atom. The molecule has 0 aromatic heterocycles. The molecule has 0 fully saturated rings. The summed E-state index contributed by atoms with van der Waals surface area (Å²) < 4.78 is 0. The van der Waals surface area contributed by atoms with E-state index in [9.17, 15) is 9.90 Å². The van der Waals surface area contributed by atoms with Crippen LogP contribution in [0.1, 0.15) is 0 Å². The highest BCUT2D eigenvalue weighted by Crippen LogP contribution is 2.05. The van der Waals surface area contributed by atoms with Crippen molar-refractivity contribution >= 4 is 5.91 Å². The van der Waals surface area contributed by atoms with E-state index in [0.29, 0.717) is 0 Å². The van der Waals surface area contributed by atoms with Gasteiger partial charge in [-0.15, -0.1) is 0 Å². The third kappa shape index (κ3) is 4.08. The predicted octanol–water partition coefficient (Wildman–Crippen LogP) is -4.51. The van der Waals surface area contributed by atoms with Gasteiger partial charge in [0.05, 0.1) is 6.61 Å². The van der Waals surface area contributed by atoms with Gasteiger partial charge in [-0.3, -0.25) is 4.79 Å². The Morgan fingerprint density at radius 3 is 2.00 bits per heavy atom. The largest absolute Gasteiger partial charge is 0.394 e. The Balaban J connectivity index is 4.29. The van der Waals surface area contributed by atoms with Gasteiger partial charge in [0, 0.05) is 0 Å². The number of amides is 1. The number of aliphatic hydroxyl groups excluding tert-OH is 6.